The number of rotatable bonds is 4. The predicted molar refractivity (Wildman–Crippen MR) is 69.3 cm³/mol. The van der Waals surface area contributed by atoms with E-state index in [-0.39, 0.29) is 0 Å². The van der Waals surface area contributed by atoms with Crippen LogP contribution in [0.1, 0.15) is 31.9 Å². The van der Waals surface area contributed by atoms with Gasteiger partial charge in [0, 0.05) is 5.02 Å². The first-order valence-corrected chi connectivity index (χ1v) is 6.25. The summed E-state index contributed by atoms with van der Waals surface area (Å²) in [6.07, 6.45) is -5.93. The van der Waals surface area contributed by atoms with Gasteiger partial charge in [0.1, 0.15) is 0 Å². The zero-order chi connectivity index (χ0) is 15.6. The molecule has 2 atom stereocenters. The molecule has 0 heterocycles. The maximum absolute atomic E-state index is 12.5. The summed E-state index contributed by atoms with van der Waals surface area (Å²) in [5.74, 6) is -0.903. The summed E-state index contributed by atoms with van der Waals surface area (Å²) in [5.41, 5.74) is -2.47. The second-order valence-corrected chi connectivity index (χ2v) is 5.17. The molecule has 1 amide bonds. The Morgan fingerprint density at radius 2 is 1.95 bits per heavy atom. The summed E-state index contributed by atoms with van der Waals surface area (Å²) < 4.78 is 37.4. The number of benzene rings is 1. The van der Waals surface area contributed by atoms with Crippen LogP contribution in [0.2, 0.25) is 5.02 Å². The number of nitrogens with one attached hydrogen (secondary N) is 1. The third-order valence-corrected chi connectivity index (χ3v) is 3.21. The fourth-order valence-electron chi connectivity index (χ4n) is 1.61. The second-order valence-electron chi connectivity index (χ2n) is 4.76. The number of carbonyl (C=O) groups excluding carboxylic acids is 1. The third kappa shape index (κ3) is 4.11. The molecule has 3 nitrogen and oxygen atoms in total. The van der Waals surface area contributed by atoms with Crippen molar-refractivity contribution in [2.45, 2.75) is 38.1 Å². The fraction of sp³-hybridized carbons (Fsp3) is 0.462. The molecule has 0 saturated carbocycles. The monoisotopic (exact) mass is 309 g/mol. The second kappa shape index (κ2) is 6.01. The lowest BCUT2D eigenvalue weighted by Gasteiger charge is -2.26. The summed E-state index contributed by atoms with van der Waals surface area (Å²) in [5, 5.41) is 12.0. The van der Waals surface area contributed by atoms with E-state index in [9.17, 15) is 23.1 Å². The molecule has 1 aromatic carbocycles. The number of halogens is 4. The number of carbonyl (C=O) groups is 1. The minimum atomic E-state index is -4.86. The van der Waals surface area contributed by atoms with Crippen LogP contribution in [0.15, 0.2) is 24.3 Å². The zero-order valence-corrected chi connectivity index (χ0v) is 11.7. The van der Waals surface area contributed by atoms with Gasteiger partial charge in [-0.3, -0.25) is 4.79 Å². The highest BCUT2D eigenvalue weighted by Crippen LogP contribution is 2.32. The number of hydrogen-bond acceptors (Lipinski definition) is 2. The van der Waals surface area contributed by atoms with Crippen molar-refractivity contribution in [3.05, 3.63) is 34.9 Å². The maximum atomic E-state index is 12.5. The van der Waals surface area contributed by atoms with Gasteiger partial charge in [-0.1, -0.05) is 29.8 Å². The first-order valence-electron chi connectivity index (χ1n) is 5.87. The lowest BCUT2D eigenvalue weighted by atomic mass is 10.0. The topological polar surface area (TPSA) is 49.3 Å². The summed E-state index contributed by atoms with van der Waals surface area (Å²) in [7, 11) is 0. The van der Waals surface area contributed by atoms with Crippen LogP contribution in [-0.4, -0.2) is 22.8 Å². The van der Waals surface area contributed by atoms with E-state index in [4.69, 9.17) is 11.6 Å². The molecule has 0 aliphatic heterocycles. The van der Waals surface area contributed by atoms with E-state index in [1.807, 2.05) is 0 Å². The largest absolute Gasteiger partial charge is 0.417 e. The van der Waals surface area contributed by atoms with Crippen molar-refractivity contribution in [1.82, 2.24) is 5.32 Å². The van der Waals surface area contributed by atoms with Gasteiger partial charge in [-0.05, 0) is 25.5 Å². The van der Waals surface area contributed by atoms with E-state index in [1.165, 1.54) is 0 Å². The van der Waals surface area contributed by atoms with Gasteiger partial charge in [-0.2, -0.15) is 13.2 Å². The summed E-state index contributed by atoms with van der Waals surface area (Å²) in [4.78, 5) is 11.6. The molecule has 0 unspecified atom stereocenters. The van der Waals surface area contributed by atoms with Crippen LogP contribution in [0, 0.1) is 0 Å². The molecule has 0 fully saturated rings. The Morgan fingerprint density at radius 3 is 2.45 bits per heavy atom. The van der Waals surface area contributed by atoms with Crippen LogP contribution in [0.3, 0.4) is 0 Å². The van der Waals surface area contributed by atoms with Crippen LogP contribution in [0.5, 0.6) is 0 Å². The highest BCUT2D eigenvalue weighted by atomic mass is 35.5. The smallest absolute Gasteiger partial charge is 0.380 e. The van der Waals surface area contributed by atoms with Gasteiger partial charge in [0.2, 0.25) is 5.91 Å². The van der Waals surface area contributed by atoms with E-state index in [1.54, 1.807) is 31.2 Å². The first-order chi connectivity index (χ1) is 9.04. The van der Waals surface area contributed by atoms with E-state index >= 15 is 0 Å². The molecule has 0 aliphatic rings. The SMILES string of the molecule is C[C@H](NC(=O)C[C@](C)(O)C(F)(F)F)c1ccccc1Cl. The van der Waals surface area contributed by atoms with Gasteiger partial charge in [0.25, 0.3) is 0 Å². The Hall–Kier alpha value is -1.27. The number of alkyl halides is 3. The molecule has 0 saturated heterocycles. The lowest BCUT2D eigenvalue weighted by molar-refractivity contribution is -0.253. The molecule has 2 N–H and O–H groups in total. The minimum absolute atomic E-state index is 0.405. The van der Waals surface area contributed by atoms with Crippen molar-refractivity contribution in [1.29, 1.82) is 0 Å². The van der Waals surface area contributed by atoms with Crippen LogP contribution >= 0.6 is 11.6 Å². The first kappa shape index (κ1) is 16.8. The summed E-state index contributed by atoms with van der Waals surface area (Å²) in [6.45, 7) is 2.16. The molecule has 0 aromatic heterocycles. The van der Waals surface area contributed by atoms with E-state index < -0.39 is 30.1 Å². The molecule has 1 aromatic rings. The number of hydrogen-bond donors (Lipinski definition) is 2. The Balaban J connectivity index is 2.71. The fourth-order valence-corrected chi connectivity index (χ4v) is 1.91. The van der Waals surface area contributed by atoms with Crippen molar-refractivity contribution >= 4 is 17.5 Å². The summed E-state index contributed by atoms with van der Waals surface area (Å²) in [6, 6.07) is 6.13. The van der Waals surface area contributed by atoms with Gasteiger partial charge < -0.3 is 10.4 Å². The predicted octanol–water partition coefficient (Wildman–Crippen LogP) is 3.22. The van der Waals surface area contributed by atoms with Crippen molar-refractivity contribution in [3.8, 4) is 0 Å². The van der Waals surface area contributed by atoms with Crippen molar-refractivity contribution < 1.29 is 23.1 Å². The van der Waals surface area contributed by atoms with E-state index in [2.05, 4.69) is 5.32 Å². The van der Waals surface area contributed by atoms with Crippen molar-refractivity contribution in [3.63, 3.8) is 0 Å². The molecule has 0 radical (unpaired) electrons. The molecule has 0 aliphatic carbocycles. The molecule has 112 valence electrons. The summed E-state index contributed by atoms with van der Waals surface area (Å²) >= 11 is 5.93. The molecular formula is C13H15ClF3NO2. The highest BCUT2D eigenvalue weighted by molar-refractivity contribution is 6.31. The Kier molecular flexibility index (Phi) is 5.05. The molecule has 7 heteroatoms. The average molecular weight is 310 g/mol. The normalized spacial score (nSPS) is 16.4. The number of aliphatic hydroxyl groups is 1. The van der Waals surface area contributed by atoms with E-state index in [0.29, 0.717) is 17.5 Å². The van der Waals surface area contributed by atoms with Crippen LogP contribution in [0.4, 0.5) is 13.2 Å². The lowest BCUT2D eigenvalue weighted by Crippen LogP contribution is -2.46. The average Bonchev–Trinajstić information content (AvgIpc) is 2.26. The molecule has 0 bridgehead atoms. The minimum Gasteiger partial charge on any atom is -0.380 e. The molecule has 1 rings (SSSR count). The van der Waals surface area contributed by atoms with Gasteiger partial charge in [-0.15, -0.1) is 0 Å². The van der Waals surface area contributed by atoms with Gasteiger partial charge in [0.05, 0.1) is 12.5 Å². The van der Waals surface area contributed by atoms with Crippen molar-refractivity contribution in [2.24, 2.45) is 0 Å². The van der Waals surface area contributed by atoms with Gasteiger partial charge >= 0.3 is 6.18 Å². The Morgan fingerprint density at radius 1 is 1.40 bits per heavy atom. The standard InChI is InChI=1S/C13H15ClF3NO2/c1-8(9-5-3-4-6-10(9)14)18-11(19)7-12(2,20)13(15,16)17/h3-6,8,20H,7H2,1-2H3,(H,18,19)/t8-,12-/m0/s1. The van der Waals surface area contributed by atoms with Gasteiger partial charge in [-0.25, -0.2) is 0 Å². The highest BCUT2D eigenvalue weighted by Gasteiger charge is 2.51. The maximum Gasteiger partial charge on any atom is 0.417 e. The Labute approximate surface area is 119 Å². The van der Waals surface area contributed by atoms with Crippen LogP contribution in [-0.2, 0) is 4.79 Å². The molecular weight excluding hydrogens is 295 g/mol. The molecule has 20 heavy (non-hydrogen) atoms. The zero-order valence-electron chi connectivity index (χ0n) is 11.0. The van der Waals surface area contributed by atoms with Crippen molar-refractivity contribution in [2.75, 3.05) is 0 Å². The number of amides is 1. The van der Waals surface area contributed by atoms with Crippen LogP contribution < -0.4 is 5.32 Å². The quantitative estimate of drug-likeness (QED) is 0.897. The van der Waals surface area contributed by atoms with E-state index in [0.717, 1.165) is 0 Å². The van der Waals surface area contributed by atoms with Gasteiger partial charge in [0.15, 0.2) is 5.60 Å². The third-order valence-electron chi connectivity index (χ3n) is 2.86. The Bertz CT molecular complexity index is 489. The molecule has 0 spiro atoms. The van der Waals surface area contributed by atoms with Crippen LogP contribution in [0.25, 0.3) is 0 Å².